The first-order valence-electron chi connectivity index (χ1n) is 18.8. The van der Waals surface area contributed by atoms with Gasteiger partial charge < -0.3 is 25.8 Å². The summed E-state index contributed by atoms with van der Waals surface area (Å²) < 4.78 is 24.9. The van der Waals surface area contributed by atoms with Gasteiger partial charge in [0.05, 0.1) is 14.2 Å². The maximum atomic E-state index is 13.3. The highest BCUT2D eigenvalue weighted by atomic mass is 35.5. The molecule has 1 amide bonds. The maximum Gasteiger partial charge on any atom is 0.220 e. The number of methoxy groups -OCH3 is 2. The first-order chi connectivity index (χ1) is 25.8. The van der Waals surface area contributed by atoms with Crippen LogP contribution in [-0.2, 0) is 35.0 Å². The molecular formula is C46H54Cl2FN3O3. The summed E-state index contributed by atoms with van der Waals surface area (Å²) in [5.41, 5.74) is 13.5. The summed E-state index contributed by atoms with van der Waals surface area (Å²) in [6, 6.07) is 40.6. The lowest BCUT2D eigenvalue weighted by molar-refractivity contribution is -0.121. The number of nitrogen functional groups attached to an aromatic ring is 1. The molecule has 4 N–H and O–H groups in total. The molecule has 0 fully saturated rings. The van der Waals surface area contributed by atoms with Crippen molar-refractivity contribution >= 4 is 36.4 Å². The molecule has 0 bridgehead atoms. The van der Waals surface area contributed by atoms with Gasteiger partial charge in [0.15, 0.2) is 11.5 Å². The molecular weight excluding hydrogens is 732 g/mol. The van der Waals surface area contributed by atoms with Crippen LogP contribution in [0.15, 0.2) is 121 Å². The van der Waals surface area contributed by atoms with E-state index in [0.717, 1.165) is 74.2 Å². The van der Waals surface area contributed by atoms with Crippen LogP contribution in [0.5, 0.6) is 11.5 Å². The second-order valence-corrected chi connectivity index (χ2v) is 14.3. The third kappa shape index (κ3) is 10.6. The number of hydrogen-bond acceptors (Lipinski definition) is 5. The van der Waals surface area contributed by atoms with Crippen molar-refractivity contribution in [3.63, 3.8) is 0 Å². The number of amides is 1. The summed E-state index contributed by atoms with van der Waals surface area (Å²) >= 11 is 0. The molecule has 9 heteroatoms. The fourth-order valence-electron chi connectivity index (χ4n) is 8.25. The Morgan fingerprint density at radius 1 is 0.800 bits per heavy atom. The summed E-state index contributed by atoms with van der Waals surface area (Å²) in [6.45, 7) is 1.45. The molecule has 6 rings (SSSR count). The van der Waals surface area contributed by atoms with Crippen LogP contribution in [0.3, 0.4) is 0 Å². The van der Waals surface area contributed by atoms with E-state index in [2.05, 4.69) is 95.6 Å². The number of carbonyl (C=O) groups excluding carboxylic acids is 1. The lowest BCUT2D eigenvalue weighted by Crippen LogP contribution is -2.49. The van der Waals surface area contributed by atoms with E-state index in [1.54, 1.807) is 26.4 Å². The van der Waals surface area contributed by atoms with E-state index in [4.69, 9.17) is 15.2 Å². The minimum Gasteiger partial charge on any atom is -0.493 e. The number of ether oxygens (including phenoxy) is 2. The Bertz CT molecular complexity index is 1890. The van der Waals surface area contributed by atoms with Gasteiger partial charge in [-0.15, -0.1) is 24.8 Å². The third-order valence-corrected chi connectivity index (χ3v) is 11.0. The number of rotatable bonds is 17. The zero-order valence-corrected chi connectivity index (χ0v) is 33.5. The number of benzene rings is 5. The molecule has 292 valence electrons. The Labute approximate surface area is 338 Å². The van der Waals surface area contributed by atoms with Crippen LogP contribution in [0.2, 0.25) is 0 Å². The van der Waals surface area contributed by atoms with Gasteiger partial charge in [-0.25, -0.2) is 4.39 Å². The van der Waals surface area contributed by atoms with Crippen LogP contribution in [-0.4, -0.2) is 33.2 Å². The number of halogens is 3. The van der Waals surface area contributed by atoms with Crippen molar-refractivity contribution in [3.8, 4) is 11.5 Å². The molecule has 0 aliphatic carbocycles. The normalized spacial score (nSPS) is 14.8. The van der Waals surface area contributed by atoms with Gasteiger partial charge in [-0.1, -0.05) is 91.3 Å². The first kappa shape index (κ1) is 43.2. The molecule has 6 nitrogen and oxygen atoms in total. The van der Waals surface area contributed by atoms with Crippen molar-refractivity contribution in [2.75, 3.05) is 33.0 Å². The summed E-state index contributed by atoms with van der Waals surface area (Å²) in [5, 5.41) is 7.17. The van der Waals surface area contributed by atoms with Gasteiger partial charge in [0.2, 0.25) is 5.91 Å². The van der Waals surface area contributed by atoms with Crippen molar-refractivity contribution in [1.29, 1.82) is 0 Å². The monoisotopic (exact) mass is 785 g/mol. The smallest absolute Gasteiger partial charge is 0.220 e. The summed E-state index contributed by atoms with van der Waals surface area (Å²) in [4.78, 5) is 12.9. The molecule has 5 aromatic carbocycles. The van der Waals surface area contributed by atoms with Crippen LogP contribution >= 0.6 is 24.8 Å². The molecule has 0 aromatic heterocycles. The predicted molar refractivity (Wildman–Crippen MR) is 226 cm³/mol. The zero-order chi connectivity index (χ0) is 37.1. The fourth-order valence-corrected chi connectivity index (χ4v) is 8.25. The molecule has 1 heterocycles. The van der Waals surface area contributed by atoms with E-state index < -0.39 is 0 Å². The van der Waals surface area contributed by atoms with E-state index in [0.29, 0.717) is 19.4 Å². The minimum absolute atomic E-state index is 0. The SMILES string of the molecule is COc1cc2c(cc1OC)C(CCCC(CCCNC(=O)CCc1ccc(F)cc1)(c1ccccc1)c1ccccc1)(Cc1ccc(N)cc1)NCC2.Cl.Cl. The highest BCUT2D eigenvalue weighted by Crippen LogP contribution is 2.45. The summed E-state index contributed by atoms with van der Waals surface area (Å²) in [7, 11) is 3.39. The van der Waals surface area contributed by atoms with E-state index in [1.165, 1.54) is 39.9 Å². The Hall–Kier alpha value is -4.56. The van der Waals surface area contributed by atoms with Crippen LogP contribution in [0.25, 0.3) is 0 Å². The molecule has 55 heavy (non-hydrogen) atoms. The van der Waals surface area contributed by atoms with Gasteiger partial charge in [0.1, 0.15) is 5.82 Å². The fraction of sp³-hybridized carbons (Fsp3) is 0.326. The highest BCUT2D eigenvalue weighted by Gasteiger charge is 2.39. The molecule has 1 unspecified atom stereocenters. The van der Waals surface area contributed by atoms with Crippen molar-refractivity contribution in [2.24, 2.45) is 0 Å². The topological polar surface area (TPSA) is 85.6 Å². The van der Waals surface area contributed by atoms with Gasteiger partial charge in [0, 0.05) is 36.2 Å². The number of aryl methyl sites for hydroxylation is 1. The molecule has 0 spiro atoms. The minimum atomic E-state index is -0.332. The Balaban J connectivity index is 0.00000336. The van der Waals surface area contributed by atoms with Crippen molar-refractivity contribution in [2.45, 2.75) is 68.7 Å². The Morgan fingerprint density at radius 2 is 1.38 bits per heavy atom. The molecule has 1 aliphatic heterocycles. The number of hydrogen-bond donors (Lipinski definition) is 3. The third-order valence-electron chi connectivity index (χ3n) is 11.0. The van der Waals surface area contributed by atoms with Gasteiger partial charge >= 0.3 is 0 Å². The van der Waals surface area contributed by atoms with Crippen LogP contribution in [0.1, 0.15) is 71.9 Å². The lowest BCUT2D eigenvalue weighted by atomic mass is 9.66. The van der Waals surface area contributed by atoms with Crippen molar-refractivity contribution < 1.29 is 18.7 Å². The standard InChI is InChI=1S/C46H52FN3O3.2ClH/c1-52-42-31-36-25-30-50-46(41(36)32-43(42)53-2,33-35-17-22-40(48)23-18-35)28-9-26-45(37-11-5-3-6-12-37,38-13-7-4-8-14-38)27-10-29-49-44(51)24-19-34-15-20-39(47)21-16-34;;/h3-8,11-18,20-23,31-32,50H,9-10,19,24-30,33,48H2,1-2H3,(H,49,51);2*1H. The molecule has 0 saturated carbocycles. The van der Waals surface area contributed by atoms with Crippen LogP contribution < -0.4 is 25.8 Å². The highest BCUT2D eigenvalue weighted by molar-refractivity contribution is 5.85. The van der Waals surface area contributed by atoms with E-state index >= 15 is 0 Å². The number of nitrogens with one attached hydrogen (secondary N) is 2. The summed E-state index contributed by atoms with van der Waals surface area (Å²) in [6.07, 6.45) is 7.14. The molecule has 1 atom stereocenters. The lowest BCUT2D eigenvalue weighted by Gasteiger charge is -2.43. The largest absolute Gasteiger partial charge is 0.493 e. The molecule has 0 saturated heterocycles. The maximum absolute atomic E-state index is 13.3. The van der Waals surface area contributed by atoms with Gasteiger partial charge in [-0.05, 0) is 115 Å². The number of fused-ring (bicyclic) bond motifs is 1. The predicted octanol–water partition coefficient (Wildman–Crippen LogP) is 9.54. The first-order valence-corrected chi connectivity index (χ1v) is 18.8. The second kappa shape index (κ2) is 20.4. The van der Waals surface area contributed by atoms with Crippen molar-refractivity contribution in [1.82, 2.24) is 10.6 Å². The van der Waals surface area contributed by atoms with Gasteiger partial charge in [-0.2, -0.15) is 0 Å². The molecule has 0 radical (unpaired) electrons. The Kier molecular flexibility index (Phi) is 16.0. The van der Waals surface area contributed by atoms with Gasteiger partial charge in [-0.3, -0.25) is 4.79 Å². The number of carbonyl (C=O) groups is 1. The van der Waals surface area contributed by atoms with E-state index in [1.807, 2.05) is 12.1 Å². The number of nitrogens with two attached hydrogens (primary N) is 1. The van der Waals surface area contributed by atoms with E-state index in [9.17, 15) is 9.18 Å². The average Bonchev–Trinajstić information content (AvgIpc) is 3.20. The zero-order valence-electron chi connectivity index (χ0n) is 31.8. The molecule has 1 aliphatic rings. The van der Waals surface area contributed by atoms with Crippen LogP contribution in [0, 0.1) is 5.82 Å². The van der Waals surface area contributed by atoms with Gasteiger partial charge in [0.25, 0.3) is 0 Å². The summed E-state index contributed by atoms with van der Waals surface area (Å²) in [5.74, 6) is 1.23. The average molecular weight is 787 g/mol. The van der Waals surface area contributed by atoms with Crippen molar-refractivity contribution in [3.05, 3.63) is 161 Å². The van der Waals surface area contributed by atoms with Crippen LogP contribution in [0.4, 0.5) is 10.1 Å². The Morgan fingerprint density at radius 3 is 2.00 bits per heavy atom. The second-order valence-electron chi connectivity index (χ2n) is 14.3. The van der Waals surface area contributed by atoms with E-state index in [-0.39, 0.29) is 47.5 Å². The number of anilines is 1. The quantitative estimate of drug-likeness (QED) is 0.0646. The molecule has 5 aromatic rings.